The first kappa shape index (κ1) is 18.1. The minimum atomic E-state index is -0.472. The van der Waals surface area contributed by atoms with Gasteiger partial charge in [0.15, 0.2) is 0 Å². The molecule has 0 radical (unpaired) electrons. The third kappa shape index (κ3) is 6.04. The smallest absolute Gasteiger partial charge is 0.410 e. The van der Waals surface area contributed by atoms with Gasteiger partial charge in [0, 0.05) is 32.6 Å². The normalized spacial score (nSPS) is 20.5. The van der Waals surface area contributed by atoms with Crippen LogP contribution in [0.1, 0.15) is 65.7 Å². The zero-order valence-corrected chi connectivity index (χ0v) is 15.0. The second-order valence-corrected chi connectivity index (χ2v) is 7.89. The van der Waals surface area contributed by atoms with Crippen molar-refractivity contribution in [1.29, 1.82) is 0 Å². The van der Waals surface area contributed by atoms with E-state index < -0.39 is 5.60 Å². The molecule has 1 aliphatic heterocycles. The summed E-state index contributed by atoms with van der Waals surface area (Å²) in [7, 11) is 0. The van der Waals surface area contributed by atoms with E-state index in [0.29, 0.717) is 26.1 Å². The van der Waals surface area contributed by atoms with Gasteiger partial charge in [-0.3, -0.25) is 4.79 Å². The molecule has 132 valence electrons. The van der Waals surface area contributed by atoms with Crippen LogP contribution in [0.3, 0.4) is 0 Å². The molecule has 0 unspecified atom stereocenters. The first-order valence-corrected chi connectivity index (χ1v) is 9.11. The highest BCUT2D eigenvalue weighted by Crippen LogP contribution is 2.28. The van der Waals surface area contributed by atoms with Gasteiger partial charge < -0.3 is 14.5 Å². The Morgan fingerprint density at radius 3 is 2.22 bits per heavy atom. The van der Waals surface area contributed by atoms with Crippen LogP contribution in [0.2, 0.25) is 0 Å². The van der Waals surface area contributed by atoms with Gasteiger partial charge in [-0.1, -0.05) is 25.7 Å². The number of hydrogen-bond donors (Lipinski definition) is 0. The molecule has 0 N–H and O–H groups in total. The second kappa shape index (κ2) is 8.02. The molecule has 0 atom stereocenters. The fourth-order valence-electron chi connectivity index (χ4n) is 3.46. The molecule has 0 bridgehead atoms. The summed E-state index contributed by atoms with van der Waals surface area (Å²) in [5.74, 6) is 1.01. The topological polar surface area (TPSA) is 49.9 Å². The molecular weight excluding hydrogens is 292 g/mol. The van der Waals surface area contributed by atoms with Gasteiger partial charge in [-0.2, -0.15) is 0 Å². The molecular formula is C18H32N2O3. The maximum Gasteiger partial charge on any atom is 0.410 e. The fraction of sp³-hybridized carbons (Fsp3) is 0.889. The third-order valence-electron chi connectivity index (χ3n) is 4.74. The van der Waals surface area contributed by atoms with E-state index in [1.54, 1.807) is 4.90 Å². The summed E-state index contributed by atoms with van der Waals surface area (Å²) >= 11 is 0. The van der Waals surface area contributed by atoms with Crippen LogP contribution in [0.15, 0.2) is 0 Å². The highest BCUT2D eigenvalue weighted by molar-refractivity contribution is 5.76. The SMILES string of the molecule is CC(C)(C)OC(=O)N1CCCN(C(=O)CCC2CCCC2)CC1. The highest BCUT2D eigenvalue weighted by atomic mass is 16.6. The van der Waals surface area contributed by atoms with Crippen LogP contribution < -0.4 is 0 Å². The summed E-state index contributed by atoms with van der Waals surface area (Å²) in [6.45, 7) is 8.25. The Kier molecular flexibility index (Phi) is 6.31. The molecule has 2 aliphatic rings. The van der Waals surface area contributed by atoms with Crippen molar-refractivity contribution in [2.45, 2.75) is 71.3 Å². The van der Waals surface area contributed by atoms with E-state index in [2.05, 4.69) is 0 Å². The number of amides is 2. The molecule has 5 heteroatoms. The van der Waals surface area contributed by atoms with Gasteiger partial charge in [0.1, 0.15) is 5.60 Å². The predicted octanol–water partition coefficient (Wildman–Crippen LogP) is 3.43. The van der Waals surface area contributed by atoms with E-state index in [1.165, 1.54) is 25.7 Å². The Bertz CT molecular complexity index is 411. The first-order valence-electron chi connectivity index (χ1n) is 9.11. The summed E-state index contributed by atoms with van der Waals surface area (Å²) in [6, 6.07) is 0. The number of rotatable bonds is 3. The van der Waals surface area contributed by atoms with Crippen molar-refractivity contribution in [2.24, 2.45) is 5.92 Å². The van der Waals surface area contributed by atoms with Crippen LogP contribution >= 0.6 is 0 Å². The predicted molar refractivity (Wildman–Crippen MR) is 90.2 cm³/mol. The molecule has 1 aliphatic carbocycles. The van der Waals surface area contributed by atoms with Crippen molar-refractivity contribution in [1.82, 2.24) is 9.80 Å². The quantitative estimate of drug-likeness (QED) is 0.799. The van der Waals surface area contributed by atoms with E-state index >= 15 is 0 Å². The van der Waals surface area contributed by atoms with Gasteiger partial charge in [0.25, 0.3) is 0 Å². The molecule has 0 aromatic rings. The van der Waals surface area contributed by atoms with Gasteiger partial charge in [-0.05, 0) is 39.5 Å². The molecule has 1 heterocycles. The van der Waals surface area contributed by atoms with E-state index in [-0.39, 0.29) is 12.0 Å². The molecule has 0 aromatic carbocycles. The first-order chi connectivity index (χ1) is 10.8. The largest absolute Gasteiger partial charge is 0.444 e. The van der Waals surface area contributed by atoms with Crippen molar-refractivity contribution in [3.8, 4) is 0 Å². The van der Waals surface area contributed by atoms with Crippen molar-refractivity contribution in [3.63, 3.8) is 0 Å². The lowest BCUT2D eigenvalue weighted by molar-refractivity contribution is -0.131. The summed E-state index contributed by atoms with van der Waals surface area (Å²) in [6.07, 6.45) is 7.49. The standard InChI is InChI=1S/C18H32N2O3/c1-18(2,3)23-17(22)20-12-6-11-19(13-14-20)16(21)10-9-15-7-4-5-8-15/h15H,4-14H2,1-3H3. The molecule has 0 spiro atoms. The van der Waals surface area contributed by atoms with Crippen LogP contribution in [-0.2, 0) is 9.53 Å². The van der Waals surface area contributed by atoms with Crippen molar-refractivity contribution >= 4 is 12.0 Å². The van der Waals surface area contributed by atoms with Crippen LogP contribution in [0.4, 0.5) is 4.79 Å². The van der Waals surface area contributed by atoms with Gasteiger partial charge in [-0.15, -0.1) is 0 Å². The number of carbonyl (C=O) groups excluding carboxylic acids is 2. The van der Waals surface area contributed by atoms with Crippen molar-refractivity contribution < 1.29 is 14.3 Å². The highest BCUT2D eigenvalue weighted by Gasteiger charge is 2.26. The summed E-state index contributed by atoms with van der Waals surface area (Å²) in [5, 5.41) is 0. The monoisotopic (exact) mass is 324 g/mol. The van der Waals surface area contributed by atoms with E-state index in [9.17, 15) is 9.59 Å². The van der Waals surface area contributed by atoms with Gasteiger partial charge >= 0.3 is 6.09 Å². The molecule has 5 nitrogen and oxygen atoms in total. The molecule has 2 rings (SSSR count). The van der Waals surface area contributed by atoms with Gasteiger partial charge in [-0.25, -0.2) is 4.79 Å². The Hall–Kier alpha value is -1.26. The molecule has 0 aromatic heterocycles. The number of hydrogen-bond acceptors (Lipinski definition) is 3. The van der Waals surface area contributed by atoms with Crippen molar-refractivity contribution in [3.05, 3.63) is 0 Å². The molecule has 23 heavy (non-hydrogen) atoms. The number of carbonyl (C=O) groups is 2. The lowest BCUT2D eigenvalue weighted by Crippen LogP contribution is -2.40. The Labute approximate surface area is 140 Å². The number of ether oxygens (including phenoxy) is 1. The Balaban J connectivity index is 1.76. The summed E-state index contributed by atoms with van der Waals surface area (Å²) < 4.78 is 5.43. The van der Waals surface area contributed by atoms with E-state index in [4.69, 9.17) is 4.74 Å². The van der Waals surface area contributed by atoms with Crippen LogP contribution in [-0.4, -0.2) is 53.6 Å². The average molecular weight is 324 g/mol. The van der Waals surface area contributed by atoms with Gasteiger partial charge in [0.05, 0.1) is 0 Å². The van der Waals surface area contributed by atoms with Crippen molar-refractivity contribution in [2.75, 3.05) is 26.2 Å². The van der Waals surface area contributed by atoms with Crippen LogP contribution in [0, 0.1) is 5.92 Å². The minimum absolute atomic E-state index is 0.253. The second-order valence-electron chi connectivity index (χ2n) is 7.89. The molecule has 2 fully saturated rings. The molecule has 1 saturated carbocycles. The summed E-state index contributed by atoms with van der Waals surface area (Å²) in [5.41, 5.74) is -0.472. The maximum absolute atomic E-state index is 12.4. The average Bonchev–Trinajstić information content (AvgIpc) is 2.85. The van der Waals surface area contributed by atoms with Crippen LogP contribution in [0.5, 0.6) is 0 Å². The zero-order chi connectivity index (χ0) is 16.9. The minimum Gasteiger partial charge on any atom is -0.444 e. The Morgan fingerprint density at radius 1 is 0.957 bits per heavy atom. The molecule has 1 saturated heterocycles. The van der Waals surface area contributed by atoms with Gasteiger partial charge in [0.2, 0.25) is 5.91 Å². The third-order valence-corrected chi connectivity index (χ3v) is 4.74. The zero-order valence-electron chi connectivity index (χ0n) is 15.0. The van der Waals surface area contributed by atoms with E-state index in [0.717, 1.165) is 25.3 Å². The summed E-state index contributed by atoms with van der Waals surface area (Å²) in [4.78, 5) is 28.2. The lowest BCUT2D eigenvalue weighted by Gasteiger charge is -2.26. The number of nitrogens with zero attached hydrogens (tertiary/aromatic N) is 2. The Morgan fingerprint density at radius 2 is 1.57 bits per heavy atom. The fourth-order valence-corrected chi connectivity index (χ4v) is 3.46. The molecule has 2 amide bonds. The van der Waals surface area contributed by atoms with E-state index in [1.807, 2.05) is 25.7 Å². The lowest BCUT2D eigenvalue weighted by atomic mass is 10.0. The van der Waals surface area contributed by atoms with Crippen LogP contribution in [0.25, 0.3) is 0 Å². The maximum atomic E-state index is 12.4.